The van der Waals surface area contributed by atoms with E-state index in [1.54, 1.807) is 12.1 Å². The molecule has 9 heteroatoms. The van der Waals surface area contributed by atoms with Gasteiger partial charge in [-0.1, -0.05) is 12.1 Å². The Balaban J connectivity index is 1.94. The van der Waals surface area contributed by atoms with E-state index in [0.717, 1.165) is 44.7 Å². The van der Waals surface area contributed by atoms with Crippen LogP contribution in [0.1, 0.15) is 25.3 Å². The summed E-state index contributed by atoms with van der Waals surface area (Å²) in [6.45, 7) is 4.09. The quantitative estimate of drug-likeness (QED) is 0.504. The summed E-state index contributed by atoms with van der Waals surface area (Å²) in [7, 11) is 4.17. The van der Waals surface area contributed by atoms with Crippen molar-refractivity contribution in [2.45, 2.75) is 38.0 Å². The number of halogens is 3. The van der Waals surface area contributed by atoms with E-state index in [1.165, 1.54) is 12.1 Å². The van der Waals surface area contributed by atoms with Crippen molar-refractivity contribution in [3.05, 3.63) is 29.8 Å². The maximum atomic E-state index is 12.2. The van der Waals surface area contributed by atoms with E-state index in [2.05, 4.69) is 34.6 Å². The highest BCUT2D eigenvalue weighted by Crippen LogP contribution is 2.25. The van der Waals surface area contributed by atoms with Crippen LogP contribution in [0.4, 0.5) is 13.2 Å². The van der Waals surface area contributed by atoms with Crippen LogP contribution in [0.2, 0.25) is 0 Å². The summed E-state index contributed by atoms with van der Waals surface area (Å²) in [6.07, 6.45) is -2.44. The third-order valence-electron chi connectivity index (χ3n) is 5.05. The van der Waals surface area contributed by atoms with Crippen molar-refractivity contribution in [3.8, 4) is 5.75 Å². The van der Waals surface area contributed by atoms with Gasteiger partial charge in [-0.25, -0.2) is 4.99 Å². The van der Waals surface area contributed by atoms with Crippen molar-refractivity contribution in [1.82, 2.24) is 15.5 Å². The number of ether oxygens (including phenoxy) is 2. The lowest BCUT2D eigenvalue weighted by Gasteiger charge is -2.43. The number of rotatable bonds is 8. The minimum absolute atomic E-state index is 0.0198. The first kappa shape index (κ1) is 23.3. The van der Waals surface area contributed by atoms with Gasteiger partial charge in [-0.15, -0.1) is 0 Å². The lowest BCUT2D eigenvalue weighted by molar-refractivity contribution is -0.153. The number of alkyl halides is 3. The fraction of sp³-hybridized carbons (Fsp3) is 0.650. The molecule has 0 unspecified atom stereocenters. The first-order valence-electron chi connectivity index (χ1n) is 9.80. The summed E-state index contributed by atoms with van der Waals surface area (Å²) >= 11 is 0. The monoisotopic (exact) mass is 416 g/mol. The lowest BCUT2D eigenvalue weighted by Crippen LogP contribution is -2.57. The number of guanidine groups is 1. The van der Waals surface area contributed by atoms with Crippen LogP contribution in [0, 0.1) is 0 Å². The molecule has 0 aromatic heterocycles. The standard InChI is InChI=1S/C20H31F3N4O2/c1-4-24-18(26-14-19(27(2)3)9-11-28-12-10-19)25-13-16-5-7-17(8-6-16)29-15-20(21,22)23/h5-8H,4,9-15H2,1-3H3,(H2,24,25,26). The zero-order valence-corrected chi connectivity index (χ0v) is 17.3. The van der Waals surface area contributed by atoms with Gasteiger partial charge in [0.15, 0.2) is 12.6 Å². The highest BCUT2D eigenvalue weighted by atomic mass is 19.4. The van der Waals surface area contributed by atoms with Crippen LogP contribution in [0.25, 0.3) is 0 Å². The molecular formula is C20H31F3N4O2. The van der Waals surface area contributed by atoms with Gasteiger partial charge in [0.1, 0.15) is 5.75 Å². The maximum Gasteiger partial charge on any atom is 0.422 e. The Hall–Kier alpha value is -2.00. The molecule has 2 rings (SSSR count). The topological polar surface area (TPSA) is 58.1 Å². The van der Waals surface area contributed by atoms with E-state index in [9.17, 15) is 13.2 Å². The normalized spacial score (nSPS) is 17.3. The van der Waals surface area contributed by atoms with Gasteiger partial charge >= 0.3 is 6.18 Å². The summed E-state index contributed by atoms with van der Waals surface area (Å²) in [5, 5.41) is 6.66. The number of nitrogens with one attached hydrogen (secondary N) is 2. The van der Waals surface area contributed by atoms with Gasteiger partial charge in [0.25, 0.3) is 0 Å². The van der Waals surface area contributed by atoms with Crippen molar-refractivity contribution in [1.29, 1.82) is 0 Å². The molecule has 0 saturated carbocycles. The van der Waals surface area contributed by atoms with Crippen LogP contribution in [0.3, 0.4) is 0 Å². The van der Waals surface area contributed by atoms with E-state index in [4.69, 9.17) is 9.47 Å². The van der Waals surface area contributed by atoms with Gasteiger partial charge in [0.2, 0.25) is 0 Å². The van der Waals surface area contributed by atoms with Crippen molar-refractivity contribution in [2.75, 3.05) is 47.0 Å². The molecule has 1 aliphatic rings. The van der Waals surface area contributed by atoms with Gasteiger partial charge in [0, 0.05) is 31.8 Å². The minimum atomic E-state index is -4.34. The van der Waals surface area contributed by atoms with E-state index in [-0.39, 0.29) is 11.3 Å². The van der Waals surface area contributed by atoms with E-state index in [1.807, 2.05) is 6.92 Å². The fourth-order valence-electron chi connectivity index (χ4n) is 3.15. The molecule has 6 nitrogen and oxygen atoms in total. The Bertz CT molecular complexity index is 642. The lowest BCUT2D eigenvalue weighted by atomic mass is 9.88. The second-order valence-corrected chi connectivity index (χ2v) is 7.33. The van der Waals surface area contributed by atoms with Crippen LogP contribution < -0.4 is 15.4 Å². The predicted molar refractivity (Wildman–Crippen MR) is 107 cm³/mol. The molecular weight excluding hydrogens is 385 g/mol. The molecule has 1 aliphatic heterocycles. The van der Waals surface area contributed by atoms with Crippen molar-refractivity contribution in [2.24, 2.45) is 4.99 Å². The molecule has 1 saturated heterocycles. The Morgan fingerprint density at radius 1 is 1.17 bits per heavy atom. The van der Waals surface area contributed by atoms with E-state index < -0.39 is 12.8 Å². The van der Waals surface area contributed by atoms with E-state index in [0.29, 0.717) is 12.5 Å². The Morgan fingerprint density at radius 2 is 1.83 bits per heavy atom. The zero-order valence-electron chi connectivity index (χ0n) is 17.3. The Kier molecular flexibility index (Phi) is 8.58. The minimum Gasteiger partial charge on any atom is -0.484 e. The average Bonchev–Trinajstić information content (AvgIpc) is 2.69. The average molecular weight is 416 g/mol. The van der Waals surface area contributed by atoms with Crippen LogP contribution in [0.5, 0.6) is 5.75 Å². The summed E-state index contributed by atoms with van der Waals surface area (Å²) in [5.74, 6) is 0.894. The first-order valence-corrected chi connectivity index (χ1v) is 9.80. The maximum absolute atomic E-state index is 12.2. The third-order valence-corrected chi connectivity index (χ3v) is 5.05. The predicted octanol–water partition coefficient (Wildman–Crippen LogP) is 2.79. The molecule has 0 radical (unpaired) electrons. The highest BCUT2D eigenvalue weighted by Gasteiger charge is 2.34. The summed E-state index contributed by atoms with van der Waals surface area (Å²) < 4.78 is 46.9. The summed E-state index contributed by atoms with van der Waals surface area (Å²) in [5.41, 5.74) is 0.904. The molecule has 0 bridgehead atoms. The van der Waals surface area contributed by atoms with Crippen LogP contribution in [-0.4, -0.2) is 69.6 Å². The van der Waals surface area contributed by atoms with Crippen LogP contribution in [-0.2, 0) is 11.3 Å². The number of nitrogens with zero attached hydrogens (tertiary/aromatic N) is 2. The van der Waals surface area contributed by atoms with Gasteiger partial charge < -0.3 is 25.0 Å². The molecule has 1 aromatic carbocycles. The number of aliphatic imine (C=N–C) groups is 1. The van der Waals surface area contributed by atoms with Crippen molar-refractivity contribution in [3.63, 3.8) is 0 Å². The molecule has 1 fully saturated rings. The number of hydrogen-bond donors (Lipinski definition) is 2. The fourth-order valence-corrected chi connectivity index (χ4v) is 3.15. The SMILES string of the molecule is CCNC(=NCc1ccc(OCC(F)(F)F)cc1)NCC1(N(C)C)CCOCC1. The first-order chi connectivity index (χ1) is 13.7. The molecule has 0 spiro atoms. The van der Waals surface area contributed by atoms with Crippen LogP contribution in [0.15, 0.2) is 29.3 Å². The summed E-state index contributed by atoms with van der Waals surface area (Å²) in [6, 6.07) is 6.50. The number of hydrogen-bond acceptors (Lipinski definition) is 4. The van der Waals surface area contributed by atoms with Gasteiger partial charge in [-0.2, -0.15) is 13.2 Å². The molecule has 29 heavy (non-hydrogen) atoms. The Morgan fingerprint density at radius 3 is 2.38 bits per heavy atom. The second kappa shape index (κ2) is 10.7. The van der Waals surface area contributed by atoms with E-state index >= 15 is 0 Å². The van der Waals surface area contributed by atoms with Gasteiger partial charge in [-0.05, 0) is 51.6 Å². The highest BCUT2D eigenvalue weighted by molar-refractivity contribution is 5.79. The van der Waals surface area contributed by atoms with Gasteiger partial charge in [-0.3, -0.25) is 0 Å². The van der Waals surface area contributed by atoms with Crippen LogP contribution >= 0.6 is 0 Å². The summed E-state index contributed by atoms with van der Waals surface area (Å²) in [4.78, 5) is 6.84. The van der Waals surface area contributed by atoms with Crippen molar-refractivity contribution < 1.29 is 22.6 Å². The Labute approximate surface area is 170 Å². The second-order valence-electron chi connectivity index (χ2n) is 7.33. The molecule has 0 atom stereocenters. The van der Waals surface area contributed by atoms with Crippen molar-refractivity contribution >= 4 is 5.96 Å². The smallest absolute Gasteiger partial charge is 0.422 e. The number of likely N-dealkylation sites (N-methyl/N-ethyl adjacent to an activating group) is 1. The molecule has 1 heterocycles. The molecule has 0 aliphatic carbocycles. The zero-order chi connectivity index (χ0) is 21.3. The number of benzene rings is 1. The third kappa shape index (κ3) is 7.74. The molecule has 164 valence electrons. The van der Waals surface area contributed by atoms with Gasteiger partial charge in [0.05, 0.1) is 6.54 Å². The molecule has 1 aromatic rings. The molecule has 2 N–H and O–H groups in total. The largest absolute Gasteiger partial charge is 0.484 e. The molecule has 0 amide bonds.